The van der Waals surface area contributed by atoms with Gasteiger partial charge in [-0.15, -0.1) is 10.2 Å². The highest BCUT2D eigenvalue weighted by atomic mass is 16.2. The Morgan fingerprint density at radius 1 is 1.25 bits per heavy atom. The molecule has 0 saturated carbocycles. The second kappa shape index (κ2) is 4.89. The van der Waals surface area contributed by atoms with E-state index < -0.39 is 0 Å². The molecule has 20 heavy (non-hydrogen) atoms. The fourth-order valence-electron chi connectivity index (χ4n) is 3.11. The molecule has 1 aliphatic heterocycles. The van der Waals surface area contributed by atoms with E-state index in [1.54, 1.807) is 0 Å². The van der Waals surface area contributed by atoms with Crippen LogP contribution in [0.3, 0.4) is 0 Å². The number of fused-ring (bicyclic) bond motifs is 1. The second-order valence-corrected chi connectivity index (χ2v) is 5.73. The maximum atomic E-state index is 12.7. The van der Waals surface area contributed by atoms with Gasteiger partial charge in [0.25, 0.3) is 5.91 Å². The number of aromatic nitrogens is 3. The number of hydrogen-bond acceptors (Lipinski definition) is 3. The van der Waals surface area contributed by atoms with Crippen LogP contribution in [0.1, 0.15) is 49.3 Å². The Bertz CT molecular complexity index is 638. The topological polar surface area (TPSA) is 50.5 Å². The summed E-state index contributed by atoms with van der Waals surface area (Å²) >= 11 is 0. The van der Waals surface area contributed by atoms with E-state index in [4.69, 9.17) is 0 Å². The van der Waals surface area contributed by atoms with Crippen molar-refractivity contribution in [3.63, 3.8) is 0 Å². The van der Waals surface area contributed by atoms with Crippen molar-refractivity contribution in [2.45, 2.75) is 52.1 Å². The number of piperidine rings is 1. The highest BCUT2D eigenvalue weighted by molar-refractivity contribution is 5.95. The van der Waals surface area contributed by atoms with Crippen LogP contribution in [0, 0.1) is 6.92 Å². The molecule has 0 aromatic carbocycles. The van der Waals surface area contributed by atoms with Gasteiger partial charge in [0.2, 0.25) is 0 Å². The lowest BCUT2D eigenvalue weighted by molar-refractivity contribution is 0.0511. The smallest absolute Gasteiger partial charge is 0.254 e. The van der Waals surface area contributed by atoms with Crippen LogP contribution in [0.15, 0.2) is 18.3 Å². The molecule has 1 aliphatic rings. The van der Waals surface area contributed by atoms with E-state index in [2.05, 4.69) is 24.0 Å². The van der Waals surface area contributed by atoms with Crippen LogP contribution in [0.25, 0.3) is 5.65 Å². The van der Waals surface area contributed by atoms with E-state index in [0.29, 0.717) is 17.6 Å². The van der Waals surface area contributed by atoms with Crippen molar-refractivity contribution in [3.8, 4) is 0 Å². The van der Waals surface area contributed by atoms with Crippen LogP contribution in [-0.4, -0.2) is 37.5 Å². The molecule has 5 heteroatoms. The molecule has 0 N–H and O–H groups in total. The summed E-state index contributed by atoms with van der Waals surface area (Å²) in [6.07, 6.45) is 5.25. The lowest BCUT2D eigenvalue weighted by Crippen LogP contribution is -2.47. The number of likely N-dealkylation sites (tertiary alicyclic amines) is 1. The minimum absolute atomic E-state index is 0.104. The first-order valence-corrected chi connectivity index (χ1v) is 7.22. The van der Waals surface area contributed by atoms with Crippen molar-refractivity contribution in [3.05, 3.63) is 29.7 Å². The SMILES string of the molecule is Cc1nnc2cc(C(=O)N3C(C)CCCC3C)ccn12. The minimum atomic E-state index is 0.104. The molecular weight excluding hydrogens is 252 g/mol. The minimum Gasteiger partial charge on any atom is -0.333 e. The number of hydrogen-bond donors (Lipinski definition) is 0. The van der Waals surface area contributed by atoms with Gasteiger partial charge in [-0.25, -0.2) is 0 Å². The third-order valence-electron chi connectivity index (χ3n) is 4.26. The molecule has 0 bridgehead atoms. The molecule has 3 heterocycles. The lowest BCUT2D eigenvalue weighted by atomic mass is 9.96. The molecule has 1 fully saturated rings. The molecule has 2 unspecified atom stereocenters. The van der Waals surface area contributed by atoms with Gasteiger partial charge in [0, 0.05) is 23.8 Å². The van der Waals surface area contributed by atoms with Gasteiger partial charge in [0.15, 0.2) is 5.65 Å². The van der Waals surface area contributed by atoms with Gasteiger partial charge in [0.1, 0.15) is 5.82 Å². The number of rotatable bonds is 1. The normalized spacial score (nSPS) is 23.2. The Morgan fingerprint density at radius 3 is 2.65 bits per heavy atom. The fraction of sp³-hybridized carbons (Fsp3) is 0.533. The Hall–Kier alpha value is -1.91. The first-order valence-electron chi connectivity index (χ1n) is 7.22. The maximum absolute atomic E-state index is 12.7. The Kier molecular flexibility index (Phi) is 3.20. The Morgan fingerprint density at radius 2 is 1.95 bits per heavy atom. The molecule has 1 saturated heterocycles. The van der Waals surface area contributed by atoms with Gasteiger partial charge in [-0.2, -0.15) is 0 Å². The third kappa shape index (κ3) is 2.07. The molecule has 1 amide bonds. The van der Waals surface area contributed by atoms with Crippen molar-refractivity contribution in [1.82, 2.24) is 19.5 Å². The lowest BCUT2D eigenvalue weighted by Gasteiger charge is -2.39. The fourth-order valence-corrected chi connectivity index (χ4v) is 3.11. The second-order valence-electron chi connectivity index (χ2n) is 5.73. The predicted octanol–water partition coefficient (Wildman–Crippen LogP) is 2.44. The summed E-state index contributed by atoms with van der Waals surface area (Å²) in [4.78, 5) is 14.8. The van der Waals surface area contributed by atoms with E-state index >= 15 is 0 Å². The number of amides is 1. The molecule has 2 atom stereocenters. The average molecular weight is 272 g/mol. The quantitative estimate of drug-likeness (QED) is 0.801. The molecule has 2 aromatic rings. The van der Waals surface area contributed by atoms with Gasteiger partial charge in [-0.3, -0.25) is 9.20 Å². The van der Waals surface area contributed by atoms with Crippen LogP contribution in [0.5, 0.6) is 0 Å². The molecule has 0 radical (unpaired) electrons. The first kappa shape index (κ1) is 13.1. The summed E-state index contributed by atoms with van der Waals surface area (Å²) in [6.45, 7) is 6.16. The van der Waals surface area contributed by atoms with Crippen molar-refractivity contribution in [2.24, 2.45) is 0 Å². The highest BCUT2D eigenvalue weighted by Crippen LogP contribution is 2.24. The first-order chi connectivity index (χ1) is 9.58. The Balaban J connectivity index is 1.95. The van der Waals surface area contributed by atoms with Crippen LogP contribution in [-0.2, 0) is 0 Å². The van der Waals surface area contributed by atoms with Gasteiger partial charge in [-0.05, 0) is 52.2 Å². The van der Waals surface area contributed by atoms with Gasteiger partial charge in [-0.1, -0.05) is 0 Å². The molecule has 3 rings (SSSR count). The van der Waals surface area contributed by atoms with Crippen LogP contribution < -0.4 is 0 Å². The van der Waals surface area contributed by atoms with Gasteiger partial charge >= 0.3 is 0 Å². The molecule has 0 spiro atoms. The number of pyridine rings is 1. The number of carbonyl (C=O) groups excluding carboxylic acids is 1. The number of carbonyl (C=O) groups is 1. The third-order valence-corrected chi connectivity index (χ3v) is 4.26. The molecular formula is C15H20N4O. The standard InChI is InChI=1S/C15H20N4O/c1-10-5-4-6-11(2)19(10)15(20)13-7-8-18-12(3)16-17-14(18)9-13/h7-11H,4-6H2,1-3H3. The van der Waals surface area contributed by atoms with Crippen molar-refractivity contribution < 1.29 is 4.79 Å². The summed E-state index contributed by atoms with van der Waals surface area (Å²) in [7, 11) is 0. The van der Waals surface area contributed by atoms with E-state index in [9.17, 15) is 4.79 Å². The van der Waals surface area contributed by atoms with Gasteiger partial charge in [0.05, 0.1) is 0 Å². The zero-order valence-electron chi connectivity index (χ0n) is 12.2. The van der Waals surface area contributed by atoms with E-state index in [1.807, 2.05) is 34.6 Å². The van der Waals surface area contributed by atoms with Gasteiger partial charge < -0.3 is 4.90 Å². The zero-order chi connectivity index (χ0) is 14.3. The van der Waals surface area contributed by atoms with Crippen molar-refractivity contribution in [1.29, 1.82) is 0 Å². The van der Waals surface area contributed by atoms with E-state index in [-0.39, 0.29) is 5.91 Å². The molecule has 5 nitrogen and oxygen atoms in total. The number of nitrogens with zero attached hydrogens (tertiary/aromatic N) is 4. The van der Waals surface area contributed by atoms with E-state index in [1.165, 1.54) is 6.42 Å². The van der Waals surface area contributed by atoms with Crippen molar-refractivity contribution >= 4 is 11.6 Å². The molecule has 2 aromatic heterocycles. The van der Waals surface area contributed by atoms with Crippen LogP contribution in [0.2, 0.25) is 0 Å². The average Bonchev–Trinajstić information content (AvgIpc) is 2.79. The highest BCUT2D eigenvalue weighted by Gasteiger charge is 2.29. The summed E-state index contributed by atoms with van der Waals surface area (Å²) in [6, 6.07) is 4.31. The predicted molar refractivity (Wildman–Crippen MR) is 76.7 cm³/mol. The monoisotopic (exact) mass is 272 g/mol. The summed E-state index contributed by atoms with van der Waals surface area (Å²) in [5.41, 5.74) is 1.43. The summed E-state index contributed by atoms with van der Waals surface area (Å²) < 4.78 is 1.89. The summed E-state index contributed by atoms with van der Waals surface area (Å²) in [5, 5.41) is 8.11. The molecule has 0 aliphatic carbocycles. The largest absolute Gasteiger partial charge is 0.333 e. The number of aryl methyl sites for hydroxylation is 1. The van der Waals surface area contributed by atoms with Crippen LogP contribution >= 0.6 is 0 Å². The van der Waals surface area contributed by atoms with E-state index in [0.717, 1.165) is 24.3 Å². The van der Waals surface area contributed by atoms with Crippen molar-refractivity contribution in [2.75, 3.05) is 0 Å². The maximum Gasteiger partial charge on any atom is 0.254 e. The Labute approximate surface area is 118 Å². The van der Waals surface area contributed by atoms with Crippen LogP contribution in [0.4, 0.5) is 0 Å². The molecule has 106 valence electrons. The summed E-state index contributed by atoms with van der Waals surface area (Å²) in [5.74, 6) is 0.937. The zero-order valence-corrected chi connectivity index (χ0v) is 12.2.